The highest BCUT2D eigenvalue weighted by atomic mass is 16.5. The van der Waals surface area contributed by atoms with Gasteiger partial charge in [-0.3, -0.25) is 4.99 Å². The fourth-order valence-electron chi connectivity index (χ4n) is 3.22. The molecule has 1 heterocycles. The Labute approximate surface area is 155 Å². The molecule has 5 nitrogen and oxygen atoms in total. The second kappa shape index (κ2) is 8.52. The predicted molar refractivity (Wildman–Crippen MR) is 106 cm³/mol. The monoisotopic (exact) mass is 355 g/mol. The largest absolute Gasteiger partial charge is 0.388 e. The van der Waals surface area contributed by atoms with Crippen molar-refractivity contribution >= 4 is 16.7 Å². The van der Waals surface area contributed by atoms with E-state index in [4.69, 9.17) is 4.74 Å². The van der Waals surface area contributed by atoms with Crippen molar-refractivity contribution in [2.45, 2.75) is 38.3 Å². The van der Waals surface area contributed by atoms with Crippen LogP contribution in [0.4, 0.5) is 0 Å². The summed E-state index contributed by atoms with van der Waals surface area (Å²) in [6, 6.07) is 15.0. The molecular formula is C21H29N3O2. The molecule has 2 aromatic carbocycles. The van der Waals surface area contributed by atoms with Crippen LogP contribution in [0.5, 0.6) is 0 Å². The maximum Gasteiger partial charge on any atom is 0.191 e. The Morgan fingerprint density at radius 2 is 1.92 bits per heavy atom. The zero-order valence-corrected chi connectivity index (χ0v) is 15.7. The lowest BCUT2D eigenvalue weighted by atomic mass is 9.95. The van der Waals surface area contributed by atoms with Crippen molar-refractivity contribution in [1.29, 1.82) is 0 Å². The van der Waals surface area contributed by atoms with E-state index in [1.165, 1.54) is 16.3 Å². The molecule has 140 valence electrons. The molecule has 1 unspecified atom stereocenters. The minimum atomic E-state index is -0.757. The molecule has 1 fully saturated rings. The van der Waals surface area contributed by atoms with E-state index in [1.807, 2.05) is 6.92 Å². The van der Waals surface area contributed by atoms with Gasteiger partial charge < -0.3 is 20.5 Å². The normalized spacial score (nSPS) is 18.5. The first-order chi connectivity index (χ1) is 12.6. The maximum absolute atomic E-state index is 10.6. The van der Waals surface area contributed by atoms with Gasteiger partial charge in [0.2, 0.25) is 0 Å². The van der Waals surface area contributed by atoms with E-state index < -0.39 is 5.60 Å². The lowest BCUT2D eigenvalue weighted by molar-refractivity contribution is -0.0566. The molecule has 5 heteroatoms. The minimum absolute atomic E-state index is 0.113. The van der Waals surface area contributed by atoms with Gasteiger partial charge in [0.15, 0.2) is 5.96 Å². The molecule has 0 spiro atoms. The number of nitrogens with one attached hydrogen (secondary N) is 2. The number of rotatable bonds is 5. The number of ether oxygens (including phenoxy) is 1. The molecule has 0 aliphatic carbocycles. The summed E-state index contributed by atoms with van der Waals surface area (Å²) >= 11 is 0. The topological polar surface area (TPSA) is 65.9 Å². The van der Waals surface area contributed by atoms with Crippen LogP contribution in [0.15, 0.2) is 47.5 Å². The molecule has 0 bridgehead atoms. The van der Waals surface area contributed by atoms with Gasteiger partial charge in [0.1, 0.15) is 0 Å². The quantitative estimate of drug-likeness (QED) is 0.570. The van der Waals surface area contributed by atoms with Crippen LogP contribution in [0.2, 0.25) is 0 Å². The van der Waals surface area contributed by atoms with Crippen LogP contribution >= 0.6 is 0 Å². The molecular weight excluding hydrogens is 326 g/mol. The number of aliphatic hydroxyl groups is 1. The van der Waals surface area contributed by atoms with E-state index in [2.05, 4.69) is 65.0 Å². The minimum Gasteiger partial charge on any atom is -0.388 e. The number of guanidine groups is 1. The maximum atomic E-state index is 10.6. The average Bonchev–Trinajstić information content (AvgIpc) is 2.66. The second-order valence-corrected chi connectivity index (χ2v) is 7.00. The first-order valence-corrected chi connectivity index (χ1v) is 9.43. The first kappa shape index (κ1) is 18.7. The number of aliphatic imine (C=N–C) groups is 1. The Balaban J connectivity index is 1.70. The lowest BCUT2D eigenvalue weighted by Crippen LogP contribution is -2.43. The summed E-state index contributed by atoms with van der Waals surface area (Å²) < 4.78 is 5.34. The number of fused-ring (bicyclic) bond motifs is 1. The zero-order valence-electron chi connectivity index (χ0n) is 15.7. The Morgan fingerprint density at radius 3 is 2.65 bits per heavy atom. The third-order valence-corrected chi connectivity index (χ3v) is 4.93. The van der Waals surface area contributed by atoms with Gasteiger partial charge in [-0.2, -0.15) is 0 Å². The predicted octanol–water partition coefficient (Wildman–Crippen LogP) is 3.00. The summed E-state index contributed by atoms with van der Waals surface area (Å²) in [7, 11) is 0. The molecule has 0 radical (unpaired) electrons. The lowest BCUT2D eigenvalue weighted by Gasteiger charge is -2.30. The van der Waals surface area contributed by atoms with Gasteiger partial charge in [-0.25, -0.2) is 0 Å². The number of nitrogens with zero attached hydrogens (tertiary/aromatic N) is 1. The highest BCUT2D eigenvalue weighted by Crippen LogP contribution is 2.22. The molecule has 2 aromatic rings. The van der Waals surface area contributed by atoms with Gasteiger partial charge in [0.25, 0.3) is 0 Å². The number of benzene rings is 2. The molecule has 3 rings (SSSR count). The van der Waals surface area contributed by atoms with Crippen molar-refractivity contribution < 1.29 is 9.84 Å². The van der Waals surface area contributed by atoms with Gasteiger partial charge in [-0.05, 0) is 36.2 Å². The van der Waals surface area contributed by atoms with Crippen molar-refractivity contribution in [3.8, 4) is 0 Å². The van der Waals surface area contributed by atoms with Crippen LogP contribution in [-0.4, -0.2) is 43.0 Å². The molecule has 1 saturated heterocycles. The van der Waals surface area contributed by atoms with Gasteiger partial charge in [-0.1, -0.05) is 36.4 Å². The van der Waals surface area contributed by atoms with E-state index in [0.29, 0.717) is 32.6 Å². The van der Waals surface area contributed by atoms with Crippen LogP contribution in [0.1, 0.15) is 38.3 Å². The highest BCUT2D eigenvalue weighted by Gasteiger charge is 2.29. The van der Waals surface area contributed by atoms with Crippen LogP contribution in [0, 0.1) is 0 Å². The molecule has 1 aliphatic rings. The van der Waals surface area contributed by atoms with Gasteiger partial charge in [-0.15, -0.1) is 0 Å². The van der Waals surface area contributed by atoms with E-state index in [-0.39, 0.29) is 6.04 Å². The van der Waals surface area contributed by atoms with E-state index in [1.54, 1.807) is 0 Å². The third kappa shape index (κ3) is 4.74. The molecule has 1 aliphatic heterocycles. The summed E-state index contributed by atoms with van der Waals surface area (Å²) in [5.74, 6) is 0.730. The number of hydrogen-bond acceptors (Lipinski definition) is 3. The average molecular weight is 355 g/mol. The van der Waals surface area contributed by atoms with Crippen molar-refractivity contribution in [2.75, 3.05) is 26.3 Å². The Morgan fingerprint density at radius 1 is 1.19 bits per heavy atom. The van der Waals surface area contributed by atoms with Gasteiger partial charge in [0.05, 0.1) is 18.2 Å². The van der Waals surface area contributed by atoms with Crippen molar-refractivity contribution in [3.63, 3.8) is 0 Å². The van der Waals surface area contributed by atoms with Crippen LogP contribution < -0.4 is 10.6 Å². The zero-order chi connectivity index (χ0) is 18.4. The van der Waals surface area contributed by atoms with E-state index in [9.17, 15) is 5.11 Å². The molecule has 0 saturated carbocycles. The Bertz CT molecular complexity index is 754. The van der Waals surface area contributed by atoms with Gasteiger partial charge >= 0.3 is 0 Å². The molecule has 0 aromatic heterocycles. The van der Waals surface area contributed by atoms with Gasteiger partial charge in [0, 0.05) is 32.6 Å². The second-order valence-electron chi connectivity index (χ2n) is 7.00. The summed E-state index contributed by atoms with van der Waals surface area (Å²) in [6.07, 6.45) is 1.27. The first-order valence-electron chi connectivity index (χ1n) is 9.43. The summed E-state index contributed by atoms with van der Waals surface area (Å²) in [6.45, 7) is 6.53. The van der Waals surface area contributed by atoms with E-state index in [0.717, 1.165) is 12.5 Å². The fraction of sp³-hybridized carbons (Fsp3) is 0.476. The molecule has 0 amide bonds. The van der Waals surface area contributed by atoms with Crippen LogP contribution in [0.3, 0.4) is 0 Å². The molecule has 1 atom stereocenters. The highest BCUT2D eigenvalue weighted by molar-refractivity contribution is 5.84. The Hall–Kier alpha value is -2.11. The SMILES string of the molecule is CCNC(=NCC1(O)CCOCC1)NC(C)c1ccc2ccccc2c1. The molecule has 26 heavy (non-hydrogen) atoms. The van der Waals surface area contributed by atoms with E-state index >= 15 is 0 Å². The third-order valence-electron chi connectivity index (χ3n) is 4.93. The van der Waals surface area contributed by atoms with Crippen molar-refractivity contribution in [1.82, 2.24) is 10.6 Å². The standard InChI is InChI=1S/C21H29N3O2/c1-3-22-20(23-15-21(25)10-12-26-13-11-21)24-16(2)18-9-8-17-6-4-5-7-19(17)14-18/h4-9,14,16,25H,3,10-13,15H2,1-2H3,(H2,22,23,24). The number of hydrogen-bond donors (Lipinski definition) is 3. The molecule has 3 N–H and O–H groups in total. The summed E-state index contributed by atoms with van der Waals surface area (Å²) in [4.78, 5) is 4.63. The Kier molecular flexibility index (Phi) is 6.12. The van der Waals surface area contributed by atoms with Crippen molar-refractivity contribution in [2.24, 2.45) is 4.99 Å². The van der Waals surface area contributed by atoms with Crippen LogP contribution in [0.25, 0.3) is 10.8 Å². The van der Waals surface area contributed by atoms with Crippen LogP contribution in [-0.2, 0) is 4.74 Å². The summed E-state index contributed by atoms with van der Waals surface area (Å²) in [5.41, 5.74) is 0.450. The fourth-order valence-corrected chi connectivity index (χ4v) is 3.22. The summed E-state index contributed by atoms with van der Waals surface area (Å²) in [5, 5.41) is 19.8. The smallest absolute Gasteiger partial charge is 0.191 e. The van der Waals surface area contributed by atoms with Crippen molar-refractivity contribution in [3.05, 3.63) is 48.0 Å².